The van der Waals surface area contributed by atoms with E-state index >= 15 is 0 Å². The Bertz CT molecular complexity index is 657. The number of azide groups is 1. The van der Waals surface area contributed by atoms with Crippen LogP contribution in [0.5, 0.6) is 6.01 Å². The van der Waals surface area contributed by atoms with E-state index in [0.717, 1.165) is 0 Å². The summed E-state index contributed by atoms with van der Waals surface area (Å²) in [7, 11) is 1.39. The van der Waals surface area contributed by atoms with Gasteiger partial charge in [0.15, 0.2) is 0 Å². The molecule has 0 aliphatic rings. The fourth-order valence-corrected chi connectivity index (χ4v) is 1.74. The Morgan fingerprint density at radius 3 is 3.00 bits per heavy atom. The highest BCUT2D eigenvalue weighted by Crippen LogP contribution is 2.28. The van der Waals surface area contributed by atoms with Crippen LogP contribution in [0.25, 0.3) is 21.3 Å². The summed E-state index contributed by atoms with van der Waals surface area (Å²) >= 11 is 0. The minimum Gasteiger partial charge on any atom is -0.467 e. The molecule has 2 rings (SSSR count). The van der Waals surface area contributed by atoms with E-state index in [1.807, 2.05) is 0 Å². The maximum Gasteiger partial charge on any atom is 0.316 e. The van der Waals surface area contributed by atoms with Gasteiger partial charge in [-0.15, -0.1) is 0 Å². The van der Waals surface area contributed by atoms with Crippen LogP contribution in [0.3, 0.4) is 0 Å². The summed E-state index contributed by atoms with van der Waals surface area (Å²) in [6.45, 7) is -0.521. The van der Waals surface area contributed by atoms with Crippen molar-refractivity contribution in [1.29, 1.82) is 0 Å². The van der Waals surface area contributed by atoms with Crippen molar-refractivity contribution < 1.29 is 14.2 Å². The summed E-state index contributed by atoms with van der Waals surface area (Å²) in [6, 6.07) is 1.73. The zero-order valence-corrected chi connectivity index (χ0v) is 9.99. The second-order valence-corrected chi connectivity index (χ2v) is 3.66. The Morgan fingerprint density at radius 1 is 1.58 bits per heavy atom. The summed E-state index contributed by atoms with van der Waals surface area (Å²) < 4.78 is 18.8. The van der Waals surface area contributed by atoms with Crippen molar-refractivity contribution in [2.45, 2.75) is 6.04 Å². The van der Waals surface area contributed by atoms with Crippen molar-refractivity contribution in [2.75, 3.05) is 13.7 Å². The molecule has 1 N–H and O–H groups in total. The van der Waals surface area contributed by atoms with Crippen LogP contribution >= 0.6 is 0 Å². The number of benzene rings is 1. The van der Waals surface area contributed by atoms with Crippen molar-refractivity contribution >= 4 is 10.9 Å². The minimum atomic E-state index is -1.05. The fraction of sp³-hybridized carbons (Fsp3) is 0.273. The molecular weight excluding hydrogens is 253 g/mol. The third-order valence-electron chi connectivity index (χ3n) is 2.60. The van der Waals surface area contributed by atoms with Gasteiger partial charge >= 0.3 is 6.01 Å². The van der Waals surface area contributed by atoms with Crippen LogP contribution < -0.4 is 4.74 Å². The van der Waals surface area contributed by atoms with E-state index in [4.69, 9.17) is 10.3 Å². The van der Waals surface area contributed by atoms with E-state index in [2.05, 4.69) is 20.0 Å². The normalized spacial score (nSPS) is 11.9. The molecule has 1 aromatic heterocycles. The number of hydrogen-bond acceptors (Lipinski definition) is 5. The van der Waals surface area contributed by atoms with E-state index in [-0.39, 0.29) is 17.1 Å². The van der Waals surface area contributed by atoms with Crippen molar-refractivity contribution in [2.24, 2.45) is 5.11 Å². The molecule has 19 heavy (non-hydrogen) atoms. The molecule has 1 unspecified atom stereocenters. The number of halogens is 1. The second kappa shape index (κ2) is 5.47. The van der Waals surface area contributed by atoms with Crippen molar-refractivity contribution in [3.63, 3.8) is 0 Å². The lowest BCUT2D eigenvalue weighted by Gasteiger charge is -2.12. The standard InChI is InChI=1S/C11H10FN5O2/c1-19-11-14-4-6-2-3-7(12)9(10(6)15-11)8(5-18)16-17-13/h2-4,8,18H,5H2,1H3. The predicted octanol–water partition coefficient (Wildman–Crippen LogP) is 2.12. The third-order valence-corrected chi connectivity index (χ3v) is 2.60. The van der Waals surface area contributed by atoms with Gasteiger partial charge in [-0.1, -0.05) is 5.11 Å². The van der Waals surface area contributed by atoms with Crippen molar-refractivity contribution in [3.05, 3.63) is 40.2 Å². The Labute approximate surface area is 107 Å². The molecule has 0 aliphatic carbocycles. The number of aromatic nitrogens is 2. The summed E-state index contributed by atoms with van der Waals surface area (Å²) in [4.78, 5) is 10.5. The van der Waals surface area contributed by atoms with E-state index in [9.17, 15) is 9.50 Å². The average molecular weight is 263 g/mol. The van der Waals surface area contributed by atoms with Gasteiger partial charge in [-0.3, -0.25) is 0 Å². The van der Waals surface area contributed by atoms with Gasteiger partial charge in [-0.05, 0) is 17.7 Å². The number of ether oxygens (including phenoxy) is 1. The summed E-state index contributed by atoms with van der Waals surface area (Å²) in [5.74, 6) is -0.611. The molecule has 0 radical (unpaired) electrons. The Balaban J connectivity index is 2.75. The third kappa shape index (κ3) is 2.40. The molecule has 1 heterocycles. The van der Waals surface area contributed by atoms with Gasteiger partial charge in [0.2, 0.25) is 0 Å². The smallest absolute Gasteiger partial charge is 0.316 e. The number of nitrogens with zero attached hydrogens (tertiary/aromatic N) is 5. The highest BCUT2D eigenvalue weighted by atomic mass is 19.1. The highest BCUT2D eigenvalue weighted by Gasteiger charge is 2.19. The Kier molecular flexibility index (Phi) is 3.74. The number of hydrogen-bond donors (Lipinski definition) is 1. The highest BCUT2D eigenvalue weighted by molar-refractivity contribution is 5.82. The van der Waals surface area contributed by atoms with Crippen LogP contribution in [0.4, 0.5) is 4.39 Å². The molecule has 8 heteroatoms. The average Bonchev–Trinajstić information content (AvgIpc) is 2.44. The van der Waals surface area contributed by atoms with Gasteiger partial charge in [0, 0.05) is 22.1 Å². The molecular formula is C11H10FN5O2. The lowest BCUT2D eigenvalue weighted by atomic mass is 10.0. The summed E-state index contributed by atoms with van der Waals surface area (Å²) in [6.07, 6.45) is 1.47. The molecule has 0 amide bonds. The maximum absolute atomic E-state index is 13.9. The predicted molar refractivity (Wildman–Crippen MR) is 65.0 cm³/mol. The SMILES string of the molecule is COc1ncc2ccc(F)c(C(CO)N=[N+]=[N-])c2n1. The molecule has 0 bridgehead atoms. The minimum absolute atomic E-state index is 0.0264. The maximum atomic E-state index is 13.9. The first kappa shape index (κ1) is 13.0. The molecule has 0 saturated carbocycles. The topological polar surface area (TPSA) is 104 Å². The van der Waals surface area contributed by atoms with Crippen LogP contribution in [-0.4, -0.2) is 28.8 Å². The zero-order chi connectivity index (χ0) is 13.8. The zero-order valence-electron chi connectivity index (χ0n) is 9.99. The van der Waals surface area contributed by atoms with Gasteiger partial charge < -0.3 is 9.84 Å². The molecule has 2 aromatic rings. The lowest BCUT2D eigenvalue weighted by molar-refractivity contribution is 0.266. The summed E-state index contributed by atoms with van der Waals surface area (Å²) in [5.41, 5.74) is 8.73. The molecule has 0 saturated heterocycles. The van der Waals surface area contributed by atoms with Gasteiger partial charge in [-0.2, -0.15) is 4.98 Å². The summed E-state index contributed by atoms with van der Waals surface area (Å²) in [5, 5.41) is 13.1. The molecule has 7 nitrogen and oxygen atoms in total. The van der Waals surface area contributed by atoms with Crippen LogP contribution in [0.15, 0.2) is 23.4 Å². The fourth-order valence-electron chi connectivity index (χ4n) is 1.74. The molecule has 0 fully saturated rings. The quantitative estimate of drug-likeness (QED) is 0.518. The molecule has 1 atom stereocenters. The van der Waals surface area contributed by atoms with E-state index < -0.39 is 18.5 Å². The monoisotopic (exact) mass is 263 g/mol. The van der Waals surface area contributed by atoms with Crippen LogP contribution in [0.1, 0.15) is 11.6 Å². The lowest BCUT2D eigenvalue weighted by Crippen LogP contribution is -2.06. The van der Waals surface area contributed by atoms with E-state index in [0.29, 0.717) is 5.39 Å². The van der Waals surface area contributed by atoms with Crippen molar-refractivity contribution in [1.82, 2.24) is 9.97 Å². The van der Waals surface area contributed by atoms with Gasteiger partial charge in [0.1, 0.15) is 5.82 Å². The number of methoxy groups -OCH3 is 1. The van der Waals surface area contributed by atoms with Crippen LogP contribution in [0.2, 0.25) is 0 Å². The largest absolute Gasteiger partial charge is 0.467 e. The number of aliphatic hydroxyl groups excluding tert-OH is 1. The Hall–Kier alpha value is -2.44. The number of fused-ring (bicyclic) bond motifs is 1. The van der Waals surface area contributed by atoms with E-state index in [1.165, 1.54) is 25.4 Å². The van der Waals surface area contributed by atoms with Crippen molar-refractivity contribution in [3.8, 4) is 6.01 Å². The van der Waals surface area contributed by atoms with Gasteiger partial charge in [0.25, 0.3) is 0 Å². The Morgan fingerprint density at radius 2 is 2.37 bits per heavy atom. The molecule has 0 aliphatic heterocycles. The second-order valence-electron chi connectivity index (χ2n) is 3.66. The van der Waals surface area contributed by atoms with Gasteiger partial charge in [-0.25, -0.2) is 9.37 Å². The number of aliphatic hydroxyl groups is 1. The van der Waals surface area contributed by atoms with Crippen LogP contribution in [0, 0.1) is 5.82 Å². The van der Waals surface area contributed by atoms with E-state index in [1.54, 1.807) is 0 Å². The molecule has 98 valence electrons. The molecule has 1 aromatic carbocycles. The number of rotatable bonds is 4. The first-order chi connectivity index (χ1) is 9.21. The first-order valence-corrected chi connectivity index (χ1v) is 5.35. The molecule has 0 spiro atoms. The first-order valence-electron chi connectivity index (χ1n) is 5.35. The van der Waals surface area contributed by atoms with Gasteiger partial charge in [0.05, 0.1) is 25.3 Å². The van der Waals surface area contributed by atoms with Crippen LogP contribution in [-0.2, 0) is 0 Å².